The van der Waals surface area contributed by atoms with Crippen molar-refractivity contribution in [3.63, 3.8) is 0 Å². The molecule has 3 heteroatoms. The molecule has 0 atom stereocenters. The molecule has 0 aliphatic rings. The van der Waals surface area contributed by atoms with Gasteiger partial charge in [0.15, 0.2) is 12.2 Å². The third kappa shape index (κ3) is 18.9. The number of esters is 1. The van der Waals surface area contributed by atoms with Gasteiger partial charge in [-0.2, -0.15) is 0 Å². The number of ether oxygens (including phenoxy) is 1. The lowest BCUT2D eigenvalue weighted by atomic mass is 10.0. The Morgan fingerprint density at radius 2 is 1.13 bits per heavy atom. The largest absolute Gasteiger partial charge is 0.422 e. The van der Waals surface area contributed by atoms with Crippen molar-refractivity contribution in [1.29, 1.82) is 0 Å². The van der Waals surface area contributed by atoms with Crippen LogP contribution >= 0.6 is 0 Å². The van der Waals surface area contributed by atoms with Crippen LogP contribution < -0.4 is 0 Å². The Kier molecular flexibility index (Phi) is 18.1. The van der Waals surface area contributed by atoms with Crippen molar-refractivity contribution in [3.8, 4) is 0 Å². The maximum Gasteiger partial charge on any atom is 0.311 e. The van der Waals surface area contributed by atoms with E-state index in [-0.39, 0.29) is 5.97 Å². The number of rotatable bonds is 17. The van der Waals surface area contributed by atoms with E-state index in [2.05, 4.69) is 11.7 Å². The average Bonchev–Trinajstić information content (AvgIpc) is 2.56. The molecule has 3 nitrogen and oxygen atoms in total. The number of hydrogen-bond donors (Lipinski definition) is 0. The van der Waals surface area contributed by atoms with Gasteiger partial charge in [-0.05, 0) is 6.42 Å². The lowest BCUT2D eigenvalue weighted by Gasteiger charge is -2.03. The van der Waals surface area contributed by atoms with Gasteiger partial charge in [0.25, 0.3) is 0 Å². The maximum atomic E-state index is 11.1. The summed E-state index contributed by atoms with van der Waals surface area (Å²) in [5.41, 5.74) is 0. The van der Waals surface area contributed by atoms with Crippen LogP contribution in [0, 0.1) is 0 Å². The second-order valence-corrected chi connectivity index (χ2v) is 6.43. The van der Waals surface area contributed by atoms with Gasteiger partial charge < -0.3 is 4.74 Å². The monoisotopic (exact) mass is 324 g/mol. The minimum absolute atomic E-state index is 0.331. The molecule has 0 rings (SSSR count). The van der Waals surface area contributed by atoms with Crippen LogP contribution in [0.15, 0.2) is 6.26 Å². The van der Waals surface area contributed by atoms with E-state index in [1.807, 2.05) is 0 Å². The van der Waals surface area contributed by atoms with Crippen LogP contribution in [-0.4, -0.2) is 11.9 Å². The van der Waals surface area contributed by atoms with Crippen molar-refractivity contribution in [2.75, 3.05) is 0 Å². The molecular weight excluding hydrogens is 288 g/mol. The molecule has 0 aliphatic carbocycles. The molecule has 0 spiro atoms. The van der Waals surface area contributed by atoms with Crippen LogP contribution in [0.1, 0.15) is 110 Å². The molecule has 0 aromatic carbocycles. The Hall–Kier alpha value is -1.08. The third-order valence-electron chi connectivity index (χ3n) is 4.22. The molecule has 0 saturated carbocycles. The molecule has 0 amide bonds. The zero-order valence-corrected chi connectivity index (χ0v) is 15.1. The Morgan fingerprint density at radius 1 is 0.739 bits per heavy atom. The fourth-order valence-corrected chi connectivity index (χ4v) is 2.79. The van der Waals surface area contributed by atoms with Crippen LogP contribution in [0.2, 0.25) is 0 Å². The van der Waals surface area contributed by atoms with Gasteiger partial charge in [-0.1, -0.05) is 96.8 Å². The highest BCUT2D eigenvalue weighted by atomic mass is 16.5. The number of hydrogen-bond acceptors (Lipinski definition) is 3. The van der Waals surface area contributed by atoms with Crippen molar-refractivity contribution in [3.05, 3.63) is 6.26 Å². The number of carbonyl (C=O) groups excluding carboxylic acids is 2. The van der Waals surface area contributed by atoms with E-state index in [1.54, 1.807) is 0 Å². The molecule has 0 saturated heterocycles. The van der Waals surface area contributed by atoms with Crippen LogP contribution in [-0.2, 0) is 14.3 Å². The standard InChI is InChI=1S/C20H36O3/c1-2-3-4-5-6-7-8-9-10-11-12-13-14-15-16-17-20(22)23-19-18-21/h19H,2-17H2,1H3. The van der Waals surface area contributed by atoms with E-state index in [0.29, 0.717) is 6.42 Å². The van der Waals surface area contributed by atoms with Gasteiger partial charge in [0, 0.05) is 6.42 Å². The summed E-state index contributed by atoms with van der Waals surface area (Å²) < 4.78 is 4.52. The third-order valence-corrected chi connectivity index (χ3v) is 4.22. The lowest BCUT2D eigenvalue weighted by Crippen LogP contribution is -1.98. The quantitative estimate of drug-likeness (QED) is 0.140. The van der Waals surface area contributed by atoms with E-state index < -0.39 is 0 Å². The predicted molar refractivity (Wildman–Crippen MR) is 95.9 cm³/mol. The molecule has 0 aliphatic heterocycles. The van der Waals surface area contributed by atoms with Crippen molar-refractivity contribution in [2.24, 2.45) is 0 Å². The topological polar surface area (TPSA) is 43.4 Å². The van der Waals surface area contributed by atoms with Crippen molar-refractivity contribution < 1.29 is 14.3 Å². The molecule has 0 bridgehead atoms. The fraction of sp³-hybridized carbons (Fsp3) is 0.850. The molecule has 23 heavy (non-hydrogen) atoms. The van der Waals surface area contributed by atoms with Crippen molar-refractivity contribution in [1.82, 2.24) is 0 Å². The summed E-state index contributed by atoms with van der Waals surface area (Å²) in [6.07, 6.45) is 20.8. The molecule has 0 aromatic rings. The summed E-state index contributed by atoms with van der Waals surface area (Å²) in [5, 5.41) is 0. The van der Waals surface area contributed by atoms with Gasteiger partial charge in [0.2, 0.25) is 0 Å². The summed E-state index contributed by atoms with van der Waals surface area (Å²) in [5.74, 6) is 1.10. The van der Waals surface area contributed by atoms with Gasteiger partial charge in [0.05, 0.1) is 0 Å². The van der Waals surface area contributed by atoms with E-state index >= 15 is 0 Å². The number of carbonyl (C=O) groups is 1. The van der Waals surface area contributed by atoms with Crippen LogP contribution in [0.3, 0.4) is 0 Å². The molecule has 0 N–H and O–H groups in total. The smallest absolute Gasteiger partial charge is 0.311 e. The van der Waals surface area contributed by atoms with Crippen LogP contribution in [0.25, 0.3) is 0 Å². The minimum Gasteiger partial charge on any atom is -0.422 e. The molecular formula is C20H36O3. The van der Waals surface area contributed by atoms with Gasteiger partial charge in [-0.15, -0.1) is 0 Å². The van der Waals surface area contributed by atoms with E-state index in [9.17, 15) is 9.59 Å². The predicted octanol–water partition coefficient (Wildman–Crippen LogP) is 6.14. The molecule has 134 valence electrons. The second kappa shape index (κ2) is 19.0. The molecule has 0 unspecified atom stereocenters. The summed E-state index contributed by atoms with van der Waals surface area (Å²) in [6, 6.07) is 0. The van der Waals surface area contributed by atoms with Gasteiger partial charge in [-0.25, -0.2) is 4.79 Å². The number of unbranched alkanes of at least 4 members (excludes halogenated alkanes) is 14. The van der Waals surface area contributed by atoms with Gasteiger partial charge in [-0.3, -0.25) is 4.79 Å². The minimum atomic E-state index is -0.331. The highest BCUT2D eigenvalue weighted by Crippen LogP contribution is 2.13. The molecule has 0 heterocycles. The summed E-state index contributed by atoms with van der Waals surface area (Å²) in [6.45, 7) is 2.27. The zero-order chi connectivity index (χ0) is 17.0. The lowest BCUT2D eigenvalue weighted by molar-refractivity contribution is -0.138. The second-order valence-electron chi connectivity index (χ2n) is 6.43. The highest BCUT2D eigenvalue weighted by Gasteiger charge is 2.00. The Bertz CT molecular complexity index is 306. The molecule has 0 radical (unpaired) electrons. The first-order chi connectivity index (χ1) is 11.3. The van der Waals surface area contributed by atoms with E-state index in [1.165, 1.54) is 89.4 Å². The SMILES string of the molecule is CCCCCCCCCCCCCCCCCC(=O)OC=C=O. The zero-order valence-electron chi connectivity index (χ0n) is 15.1. The summed E-state index contributed by atoms with van der Waals surface area (Å²) in [4.78, 5) is 21.0. The summed E-state index contributed by atoms with van der Waals surface area (Å²) >= 11 is 0. The highest BCUT2D eigenvalue weighted by molar-refractivity contribution is 5.71. The molecule has 0 aromatic heterocycles. The first-order valence-electron chi connectivity index (χ1n) is 9.70. The van der Waals surface area contributed by atoms with E-state index in [4.69, 9.17) is 0 Å². The first kappa shape index (κ1) is 21.9. The fourth-order valence-electron chi connectivity index (χ4n) is 2.79. The van der Waals surface area contributed by atoms with Crippen molar-refractivity contribution in [2.45, 2.75) is 110 Å². The maximum absolute atomic E-state index is 11.1. The van der Waals surface area contributed by atoms with Crippen molar-refractivity contribution >= 4 is 11.9 Å². The average molecular weight is 325 g/mol. The van der Waals surface area contributed by atoms with Crippen LogP contribution in [0.4, 0.5) is 0 Å². The Labute approximate surface area is 142 Å². The summed E-state index contributed by atoms with van der Waals surface area (Å²) in [7, 11) is 0. The van der Waals surface area contributed by atoms with Gasteiger partial charge in [0.1, 0.15) is 0 Å². The normalized spacial score (nSPS) is 10.3. The Balaban J connectivity index is 3.08. The van der Waals surface area contributed by atoms with Crippen LogP contribution in [0.5, 0.6) is 0 Å². The van der Waals surface area contributed by atoms with Gasteiger partial charge >= 0.3 is 5.97 Å². The Morgan fingerprint density at radius 3 is 1.52 bits per heavy atom. The molecule has 0 fully saturated rings. The first-order valence-corrected chi connectivity index (χ1v) is 9.70. The van der Waals surface area contributed by atoms with E-state index in [0.717, 1.165) is 19.1 Å².